The maximum absolute atomic E-state index is 13.0. The number of benzene rings is 4. The molecule has 5 rings (SSSR count). The van der Waals surface area contributed by atoms with Gasteiger partial charge in [-0.05, 0) is 66.0 Å². The standard InChI is InChI=1S/C27H18Cl2N6O11S3.3Na/c1-12(36)30-21-9-15(31-27(37)13-2-4-18-20(7-13)33-26(29)25(28)32-18)3-5-19(21)34-35-22-11-17-14(8-24(22)49(44,45)46)6-16(47(38,39)40)10-23(17)48(41,42)43;;;/h2-11H,1H3,(H,30,36)(H,31,37)(H,38,39,40)(H,41,42,43)(H,44,45,46);;;. The minimum atomic E-state index is -5.17. The van der Waals surface area contributed by atoms with Crippen LogP contribution in [0.2, 0.25) is 10.3 Å². The molecule has 52 heavy (non-hydrogen) atoms. The summed E-state index contributed by atoms with van der Waals surface area (Å²) in [6.07, 6.45) is 0. The number of hydrogen-bond acceptors (Lipinski definition) is 12. The van der Waals surface area contributed by atoms with Crippen LogP contribution in [-0.2, 0) is 35.1 Å². The molecule has 0 aliphatic heterocycles. The molecule has 25 heteroatoms. The van der Waals surface area contributed by atoms with Crippen molar-refractivity contribution in [2.45, 2.75) is 21.6 Å². The van der Waals surface area contributed by atoms with Crippen molar-refractivity contribution in [3.05, 3.63) is 76.5 Å². The van der Waals surface area contributed by atoms with Gasteiger partial charge in [0.2, 0.25) is 5.91 Å². The first-order chi connectivity index (χ1) is 22.7. The second-order valence-corrected chi connectivity index (χ2v) is 14.9. The first-order valence-electron chi connectivity index (χ1n) is 13.0. The first kappa shape index (κ1) is 46.5. The van der Waals surface area contributed by atoms with Crippen LogP contribution in [0.25, 0.3) is 21.8 Å². The monoisotopic (exact) mass is 837 g/mol. The van der Waals surface area contributed by atoms with E-state index in [4.69, 9.17) is 23.2 Å². The van der Waals surface area contributed by atoms with Gasteiger partial charge in [-0.25, -0.2) is 9.97 Å². The van der Waals surface area contributed by atoms with Gasteiger partial charge in [0.05, 0.1) is 21.6 Å². The summed E-state index contributed by atoms with van der Waals surface area (Å²) < 4.78 is 101. The molecule has 0 aliphatic rings. The van der Waals surface area contributed by atoms with E-state index in [9.17, 15) is 48.5 Å². The Morgan fingerprint density at radius 3 is 1.85 bits per heavy atom. The van der Waals surface area contributed by atoms with Crippen molar-refractivity contribution in [2.75, 3.05) is 10.6 Å². The number of aromatic nitrogens is 2. The van der Waals surface area contributed by atoms with Crippen molar-refractivity contribution in [3.63, 3.8) is 0 Å². The normalized spacial score (nSPS) is 11.7. The van der Waals surface area contributed by atoms with Gasteiger partial charge in [-0.1, -0.05) is 23.2 Å². The number of carbonyl (C=O) groups excluding carboxylic acids is 2. The summed E-state index contributed by atoms with van der Waals surface area (Å²) in [5.41, 5.74) is 0.166. The van der Waals surface area contributed by atoms with Gasteiger partial charge in [-0.3, -0.25) is 23.2 Å². The van der Waals surface area contributed by atoms with Gasteiger partial charge in [-0.2, -0.15) is 25.3 Å². The predicted octanol–water partition coefficient (Wildman–Crippen LogP) is 4.31. The molecule has 0 fully saturated rings. The van der Waals surface area contributed by atoms with Gasteiger partial charge in [0.25, 0.3) is 36.3 Å². The number of fused-ring (bicyclic) bond motifs is 2. The molecule has 17 nitrogen and oxygen atoms in total. The molecule has 5 aromatic rings. The van der Waals surface area contributed by atoms with E-state index < -0.39 is 73.3 Å². The molecule has 5 N–H and O–H groups in total. The van der Waals surface area contributed by atoms with Crippen molar-refractivity contribution in [1.82, 2.24) is 9.97 Å². The SMILES string of the molecule is CC(=O)Nc1cc(NC(=O)c2ccc3nc(Cl)c(Cl)nc3c2)ccc1N=Nc1cc2c(S(=O)(=O)O)cc(S(=O)(=O)O)cc2cc1S(=O)(=O)O.[Na].[Na].[Na]. The fourth-order valence-electron chi connectivity index (χ4n) is 4.42. The zero-order valence-electron chi connectivity index (χ0n) is 27.2. The van der Waals surface area contributed by atoms with Crippen LogP contribution < -0.4 is 10.6 Å². The molecule has 1 aromatic heterocycles. The fraction of sp³-hybridized carbons (Fsp3) is 0.0370. The van der Waals surface area contributed by atoms with Gasteiger partial charge in [-0.15, -0.1) is 10.2 Å². The number of rotatable bonds is 8. The molecule has 0 bridgehead atoms. The van der Waals surface area contributed by atoms with Crippen LogP contribution in [0.1, 0.15) is 17.3 Å². The molecular formula is C27H18Cl2N6Na3O11S3. The number of azo groups is 1. The topological polar surface area (TPSA) is 272 Å². The van der Waals surface area contributed by atoms with Crippen molar-refractivity contribution in [2.24, 2.45) is 10.2 Å². The number of nitrogens with one attached hydrogen (secondary N) is 2. The van der Waals surface area contributed by atoms with E-state index in [2.05, 4.69) is 30.8 Å². The first-order valence-corrected chi connectivity index (χ1v) is 18.1. The van der Waals surface area contributed by atoms with Crippen LogP contribution in [-0.4, -0.2) is 149 Å². The van der Waals surface area contributed by atoms with E-state index >= 15 is 0 Å². The average molecular weight is 839 g/mol. The Balaban J connectivity index is 0.00000312. The van der Waals surface area contributed by atoms with E-state index in [1.807, 2.05) is 0 Å². The number of anilines is 2. The summed E-state index contributed by atoms with van der Waals surface area (Å²) in [6, 6.07) is 10.9. The molecule has 3 radical (unpaired) electrons. The fourth-order valence-corrected chi connectivity index (χ4v) is 6.67. The molecular weight excluding hydrogens is 820 g/mol. The minimum Gasteiger partial charge on any atom is -0.324 e. The second kappa shape index (κ2) is 17.9. The smallest absolute Gasteiger partial charge is 0.296 e. The second-order valence-electron chi connectivity index (χ2n) is 9.96. The predicted molar refractivity (Wildman–Crippen MR) is 193 cm³/mol. The largest absolute Gasteiger partial charge is 0.324 e. The van der Waals surface area contributed by atoms with Crippen molar-refractivity contribution in [1.29, 1.82) is 0 Å². The Morgan fingerprint density at radius 2 is 1.27 bits per heavy atom. The summed E-state index contributed by atoms with van der Waals surface area (Å²) in [7, 11) is -15.4. The number of halogens is 2. The third-order valence-electron chi connectivity index (χ3n) is 6.50. The number of hydrogen-bond donors (Lipinski definition) is 5. The Hall–Kier alpha value is -1.67. The number of nitrogens with zero attached hydrogens (tertiary/aromatic N) is 4. The van der Waals surface area contributed by atoms with Crippen LogP contribution in [0.3, 0.4) is 0 Å². The van der Waals surface area contributed by atoms with E-state index in [1.54, 1.807) is 0 Å². The van der Waals surface area contributed by atoms with Crippen molar-refractivity contribution < 1.29 is 48.5 Å². The van der Waals surface area contributed by atoms with Gasteiger partial charge >= 0.3 is 0 Å². The summed E-state index contributed by atoms with van der Waals surface area (Å²) in [6.45, 7) is 1.16. The summed E-state index contributed by atoms with van der Waals surface area (Å²) in [5, 5.41) is 11.8. The Labute approximate surface area is 371 Å². The summed E-state index contributed by atoms with van der Waals surface area (Å²) in [5.74, 6) is -1.18. The van der Waals surface area contributed by atoms with Crippen molar-refractivity contribution in [3.8, 4) is 0 Å². The molecule has 2 amide bonds. The van der Waals surface area contributed by atoms with Gasteiger partial charge in [0, 0.05) is 112 Å². The van der Waals surface area contributed by atoms with E-state index in [-0.39, 0.29) is 127 Å². The molecule has 4 aromatic carbocycles. The molecule has 0 unspecified atom stereocenters. The van der Waals surface area contributed by atoms with E-state index in [1.165, 1.54) is 36.4 Å². The van der Waals surface area contributed by atoms with Crippen LogP contribution >= 0.6 is 23.2 Å². The zero-order valence-corrected chi connectivity index (χ0v) is 37.1. The molecule has 0 atom stereocenters. The quantitative estimate of drug-likeness (QED) is 0.0829. The maximum atomic E-state index is 13.0. The molecule has 257 valence electrons. The molecule has 0 saturated heterocycles. The Kier molecular flexibility index (Phi) is 16.0. The van der Waals surface area contributed by atoms with Crippen LogP contribution in [0.4, 0.5) is 22.7 Å². The van der Waals surface area contributed by atoms with Crippen LogP contribution in [0.5, 0.6) is 0 Å². The van der Waals surface area contributed by atoms with Crippen molar-refractivity contribution >= 4 is 199 Å². The maximum Gasteiger partial charge on any atom is 0.296 e. The minimum absolute atomic E-state index is 0. The molecule has 0 saturated carbocycles. The third kappa shape index (κ3) is 11.0. The average Bonchev–Trinajstić information content (AvgIpc) is 2.98. The molecule has 0 spiro atoms. The third-order valence-corrected chi connectivity index (χ3v) is 9.73. The van der Waals surface area contributed by atoms with Crippen LogP contribution in [0, 0.1) is 0 Å². The molecule has 1 heterocycles. The summed E-state index contributed by atoms with van der Waals surface area (Å²) in [4.78, 5) is 30.1. The number of amides is 2. The van der Waals surface area contributed by atoms with Gasteiger partial charge in [0.1, 0.15) is 21.2 Å². The zero-order chi connectivity index (χ0) is 36.1. The van der Waals surface area contributed by atoms with E-state index in [0.29, 0.717) is 23.7 Å². The molecule has 0 aliphatic carbocycles. The Bertz CT molecular complexity index is 2640. The van der Waals surface area contributed by atoms with E-state index in [0.717, 1.165) is 13.0 Å². The van der Waals surface area contributed by atoms with Gasteiger partial charge in [0.15, 0.2) is 10.3 Å². The number of carbonyl (C=O) groups is 2. The Morgan fingerprint density at radius 1 is 0.673 bits per heavy atom. The summed E-state index contributed by atoms with van der Waals surface area (Å²) >= 11 is 11.8. The van der Waals surface area contributed by atoms with Crippen LogP contribution in [0.15, 0.2) is 85.6 Å². The van der Waals surface area contributed by atoms with Gasteiger partial charge < -0.3 is 10.6 Å².